The van der Waals surface area contributed by atoms with Crippen molar-refractivity contribution in [1.29, 1.82) is 0 Å². The fraction of sp³-hybridized carbons (Fsp3) is 0. The van der Waals surface area contributed by atoms with Crippen LogP contribution in [-0.2, 0) is 0 Å². The van der Waals surface area contributed by atoms with Gasteiger partial charge in [-0.3, -0.25) is 0 Å². The van der Waals surface area contributed by atoms with E-state index in [2.05, 4.69) is 66.7 Å². The molecule has 1 nitrogen and oxygen atoms in total. The van der Waals surface area contributed by atoms with Crippen molar-refractivity contribution in [3.05, 3.63) is 97.1 Å². The molecule has 0 amide bonds. The molecule has 0 bridgehead atoms. The van der Waals surface area contributed by atoms with Crippen molar-refractivity contribution < 1.29 is 4.42 Å². The molecule has 1 heteroatoms. The molecule has 5 rings (SSSR count). The van der Waals surface area contributed by atoms with Crippen LogP contribution in [0.1, 0.15) is 0 Å². The van der Waals surface area contributed by atoms with Crippen molar-refractivity contribution in [2.45, 2.75) is 0 Å². The predicted molar refractivity (Wildman–Crippen MR) is 103 cm³/mol. The first-order valence-corrected chi connectivity index (χ1v) is 8.38. The molecule has 1 heterocycles. The van der Waals surface area contributed by atoms with Crippen LogP contribution in [0.4, 0.5) is 0 Å². The molecule has 117 valence electrons. The quantitative estimate of drug-likeness (QED) is 0.352. The van der Waals surface area contributed by atoms with Crippen molar-refractivity contribution >= 4 is 21.9 Å². The number of hydrogen-bond donors (Lipinski definition) is 0. The van der Waals surface area contributed by atoms with E-state index >= 15 is 0 Å². The molecule has 0 saturated heterocycles. The lowest BCUT2D eigenvalue weighted by Gasteiger charge is -2.10. The molecule has 1 aromatic heterocycles. The van der Waals surface area contributed by atoms with E-state index in [1.165, 1.54) is 5.56 Å². The molecular formula is C24H15O. The summed E-state index contributed by atoms with van der Waals surface area (Å²) in [5.41, 5.74) is 6.34. The van der Waals surface area contributed by atoms with Gasteiger partial charge >= 0.3 is 0 Å². The first-order chi connectivity index (χ1) is 12.4. The van der Waals surface area contributed by atoms with Gasteiger partial charge in [-0.15, -0.1) is 0 Å². The van der Waals surface area contributed by atoms with Gasteiger partial charge in [0.2, 0.25) is 0 Å². The second kappa shape index (κ2) is 5.64. The Labute approximate surface area is 146 Å². The van der Waals surface area contributed by atoms with Crippen molar-refractivity contribution in [3.8, 4) is 22.3 Å². The van der Waals surface area contributed by atoms with Crippen molar-refractivity contribution in [3.63, 3.8) is 0 Å². The summed E-state index contributed by atoms with van der Waals surface area (Å²) < 4.78 is 6.07. The van der Waals surface area contributed by atoms with Gasteiger partial charge in [0.1, 0.15) is 11.2 Å². The summed E-state index contributed by atoms with van der Waals surface area (Å²) >= 11 is 0. The van der Waals surface area contributed by atoms with Gasteiger partial charge in [-0.2, -0.15) is 0 Å². The Kier molecular flexibility index (Phi) is 3.17. The average molecular weight is 319 g/mol. The summed E-state index contributed by atoms with van der Waals surface area (Å²) in [4.78, 5) is 0. The summed E-state index contributed by atoms with van der Waals surface area (Å²) in [6.45, 7) is 0. The molecule has 0 unspecified atom stereocenters. The highest BCUT2D eigenvalue weighted by Crippen LogP contribution is 2.38. The number of para-hydroxylation sites is 1. The van der Waals surface area contributed by atoms with E-state index in [9.17, 15) is 0 Å². The minimum Gasteiger partial charge on any atom is -0.456 e. The maximum absolute atomic E-state index is 6.07. The van der Waals surface area contributed by atoms with E-state index in [0.29, 0.717) is 0 Å². The third kappa shape index (κ3) is 2.33. The van der Waals surface area contributed by atoms with Crippen LogP contribution in [0.15, 0.2) is 95.4 Å². The highest BCUT2D eigenvalue weighted by atomic mass is 16.3. The van der Waals surface area contributed by atoms with Crippen LogP contribution in [-0.4, -0.2) is 0 Å². The van der Waals surface area contributed by atoms with Gasteiger partial charge in [-0.25, -0.2) is 0 Å². The molecule has 0 fully saturated rings. The predicted octanol–water partition coefficient (Wildman–Crippen LogP) is 6.72. The fourth-order valence-electron chi connectivity index (χ4n) is 3.37. The van der Waals surface area contributed by atoms with E-state index in [0.717, 1.165) is 38.6 Å². The number of benzene rings is 4. The molecule has 0 aliphatic carbocycles. The molecule has 1 radical (unpaired) electrons. The number of fused-ring (bicyclic) bond motifs is 3. The van der Waals surface area contributed by atoms with Crippen LogP contribution >= 0.6 is 0 Å². The number of hydrogen-bond acceptors (Lipinski definition) is 1. The summed E-state index contributed by atoms with van der Waals surface area (Å²) in [7, 11) is 0. The number of furan rings is 1. The molecule has 0 spiro atoms. The summed E-state index contributed by atoms with van der Waals surface area (Å²) in [6, 6.07) is 34.8. The second-order valence-electron chi connectivity index (χ2n) is 6.13. The molecule has 0 aliphatic rings. The lowest BCUT2D eigenvalue weighted by molar-refractivity contribution is 0.669. The molecule has 4 aromatic carbocycles. The van der Waals surface area contributed by atoms with E-state index < -0.39 is 0 Å². The first-order valence-electron chi connectivity index (χ1n) is 8.38. The fourth-order valence-corrected chi connectivity index (χ4v) is 3.37. The lowest BCUT2D eigenvalue weighted by atomic mass is 9.93. The first kappa shape index (κ1) is 14.1. The standard InChI is InChI=1S/C24H15O/c1-3-9-17(10-4-1)20-15-22-19-13-7-8-14-23(19)25-24(22)16-21(20)18-11-5-2-6-12-18/h1-14,16H. The van der Waals surface area contributed by atoms with Gasteiger partial charge in [0.15, 0.2) is 0 Å². The monoisotopic (exact) mass is 319 g/mol. The molecule has 0 aliphatic heterocycles. The Bertz CT molecular complexity index is 1170. The van der Waals surface area contributed by atoms with Crippen LogP contribution in [0.3, 0.4) is 0 Å². The van der Waals surface area contributed by atoms with Crippen molar-refractivity contribution in [2.75, 3.05) is 0 Å². The Hall–Kier alpha value is -3.32. The Balaban J connectivity index is 1.89. The van der Waals surface area contributed by atoms with Gasteiger partial charge in [0.05, 0.1) is 0 Å². The zero-order valence-corrected chi connectivity index (χ0v) is 13.6. The summed E-state index contributed by atoms with van der Waals surface area (Å²) in [5.74, 6) is 0. The highest BCUT2D eigenvalue weighted by Gasteiger charge is 2.14. The van der Waals surface area contributed by atoms with Crippen LogP contribution in [0.5, 0.6) is 0 Å². The van der Waals surface area contributed by atoms with Gasteiger partial charge in [0, 0.05) is 16.8 Å². The van der Waals surface area contributed by atoms with Gasteiger partial charge < -0.3 is 4.42 Å². The highest BCUT2D eigenvalue weighted by molar-refractivity contribution is 6.08. The van der Waals surface area contributed by atoms with E-state index in [1.54, 1.807) is 0 Å². The van der Waals surface area contributed by atoms with Gasteiger partial charge in [-0.1, -0.05) is 78.9 Å². The van der Waals surface area contributed by atoms with Crippen molar-refractivity contribution in [1.82, 2.24) is 0 Å². The largest absolute Gasteiger partial charge is 0.456 e. The summed E-state index contributed by atoms with van der Waals surface area (Å²) in [5, 5.41) is 2.14. The Morgan fingerprint density at radius 1 is 0.600 bits per heavy atom. The zero-order valence-electron chi connectivity index (χ0n) is 13.6. The molecular weight excluding hydrogens is 304 g/mol. The van der Waals surface area contributed by atoms with E-state index in [-0.39, 0.29) is 0 Å². The van der Waals surface area contributed by atoms with Crippen LogP contribution in [0.25, 0.3) is 44.2 Å². The third-order valence-corrected chi connectivity index (χ3v) is 4.56. The number of rotatable bonds is 2. The maximum atomic E-state index is 6.07. The zero-order chi connectivity index (χ0) is 16.6. The minimum atomic E-state index is 0.875. The molecule has 25 heavy (non-hydrogen) atoms. The van der Waals surface area contributed by atoms with Crippen LogP contribution in [0.2, 0.25) is 0 Å². The van der Waals surface area contributed by atoms with Gasteiger partial charge in [0.25, 0.3) is 0 Å². The van der Waals surface area contributed by atoms with Gasteiger partial charge in [-0.05, 0) is 34.4 Å². The second-order valence-corrected chi connectivity index (χ2v) is 6.13. The smallest absolute Gasteiger partial charge is 0.136 e. The Morgan fingerprint density at radius 3 is 2.00 bits per heavy atom. The lowest BCUT2D eigenvalue weighted by Crippen LogP contribution is -1.86. The normalized spacial score (nSPS) is 11.2. The van der Waals surface area contributed by atoms with Crippen molar-refractivity contribution in [2.24, 2.45) is 0 Å². The SMILES string of the molecule is [c]1c(-c2ccccc2)c(-c2ccccc2)cc2oc3ccccc3c12. The maximum Gasteiger partial charge on any atom is 0.136 e. The molecule has 0 saturated carbocycles. The molecule has 5 aromatic rings. The molecule has 0 N–H and O–H groups in total. The van der Waals surface area contributed by atoms with Crippen LogP contribution < -0.4 is 0 Å². The van der Waals surface area contributed by atoms with E-state index in [1.807, 2.05) is 30.3 Å². The van der Waals surface area contributed by atoms with E-state index in [4.69, 9.17) is 4.42 Å². The minimum absolute atomic E-state index is 0.875. The topological polar surface area (TPSA) is 13.1 Å². The summed E-state index contributed by atoms with van der Waals surface area (Å²) in [6.07, 6.45) is 0. The third-order valence-electron chi connectivity index (χ3n) is 4.56. The van der Waals surface area contributed by atoms with Crippen LogP contribution in [0, 0.1) is 6.07 Å². The molecule has 0 atom stereocenters. The Morgan fingerprint density at radius 2 is 1.24 bits per heavy atom. The average Bonchev–Trinajstić information content (AvgIpc) is 3.06.